The maximum Gasteiger partial charge on any atom is 0.119 e. The van der Waals surface area contributed by atoms with Gasteiger partial charge in [0, 0.05) is 12.5 Å². The Balaban J connectivity index is 2.53. The van der Waals surface area contributed by atoms with E-state index in [0.717, 1.165) is 5.75 Å². The monoisotopic (exact) mass is 222 g/mol. The molecule has 0 bridgehead atoms. The van der Waals surface area contributed by atoms with E-state index in [2.05, 4.69) is 27.7 Å². The lowest BCUT2D eigenvalue weighted by Crippen LogP contribution is -2.29. The third-order valence-corrected chi connectivity index (χ3v) is 2.92. The fourth-order valence-electron chi connectivity index (χ4n) is 1.41. The minimum Gasteiger partial charge on any atom is -0.493 e. The molecule has 0 fully saturated rings. The van der Waals surface area contributed by atoms with Crippen molar-refractivity contribution in [2.24, 2.45) is 11.3 Å². The summed E-state index contributed by atoms with van der Waals surface area (Å²) in [5.41, 5.74) is 1.29. The van der Waals surface area contributed by atoms with E-state index in [1.54, 1.807) is 0 Å². The highest BCUT2D eigenvalue weighted by Crippen LogP contribution is 2.26. The SMILES string of the molecule is Cc1ccc(OCC(CO)C(C)(C)C)cc1. The summed E-state index contributed by atoms with van der Waals surface area (Å²) in [5.74, 6) is 1.03. The Hall–Kier alpha value is -1.02. The standard InChI is InChI=1S/C14H22O2/c1-11-5-7-13(8-6-11)16-10-12(9-15)14(2,3)4/h5-8,12,15H,9-10H2,1-4H3. The molecule has 0 aliphatic carbocycles. The molecule has 0 aromatic heterocycles. The maximum atomic E-state index is 9.30. The Labute approximate surface area is 98.3 Å². The van der Waals surface area contributed by atoms with Crippen LogP contribution in [0.1, 0.15) is 26.3 Å². The average Bonchev–Trinajstić information content (AvgIpc) is 2.19. The summed E-state index contributed by atoms with van der Waals surface area (Å²) in [4.78, 5) is 0. The fourth-order valence-corrected chi connectivity index (χ4v) is 1.41. The molecule has 16 heavy (non-hydrogen) atoms. The number of aliphatic hydroxyl groups is 1. The second-order valence-electron chi connectivity index (χ2n) is 5.37. The molecule has 0 aliphatic heterocycles. The first-order valence-corrected chi connectivity index (χ1v) is 5.74. The summed E-state index contributed by atoms with van der Waals surface area (Å²) in [6.07, 6.45) is 0. The lowest BCUT2D eigenvalue weighted by molar-refractivity contribution is 0.0818. The molecule has 0 aliphatic rings. The van der Waals surface area contributed by atoms with E-state index in [0.29, 0.717) is 6.61 Å². The average molecular weight is 222 g/mol. The number of aryl methyl sites for hydroxylation is 1. The zero-order chi connectivity index (χ0) is 12.2. The quantitative estimate of drug-likeness (QED) is 0.848. The molecule has 0 amide bonds. The third kappa shape index (κ3) is 3.86. The van der Waals surface area contributed by atoms with Crippen molar-refractivity contribution in [3.63, 3.8) is 0 Å². The number of hydrogen-bond donors (Lipinski definition) is 1. The van der Waals surface area contributed by atoms with Gasteiger partial charge in [0.15, 0.2) is 0 Å². The first-order chi connectivity index (χ1) is 7.43. The second kappa shape index (κ2) is 5.35. The molecule has 0 spiro atoms. The predicted octanol–water partition coefficient (Wildman–Crippen LogP) is 3.03. The van der Waals surface area contributed by atoms with Crippen molar-refractivity contribution in [2.45, 2.75) is 27.7 Å². The fraction of sp³-hybridized carbons (Fsp3) is 0.571. The summed E-state index contributed by atoms with van der Waals surface area (Å²) < 4.78 is 5.68. The van der Waals surface area contributed by atoms with Crippen LogP contribution in [-0.2, 0) is 0 Å². The first-order valence-electron chi connectivity index (χ1n) is 5.74. The van der Waals surface area contributed by atoms with Crippen molar-refractivity contribution in [2.75, 3.05) is 13.2 Å². The lowest BCUT2D eigenvalue weighted by atomic mass is 9.82. The van der Waals surface area contributed by atoms with Gasteiger partial charge in [-0.15, -0.1) is 0 Å². The van der Waals surface area contributed by atoms with Gasteiger partial charge < -0.3 is 9.84 Å². The second-order valence-corrected chi connectivity index (χ2v) is 5.37. The van der Waals surface area contributed by atoms with Crippen LogP contribution in [0, 0.1) is 18.3 Å². The Morgan fingerprint density at radius 1 is 1.19 bits per heavy atom. The van der Waals surface area contributed by atoms with Crippen molar-refractivity contribution >= 4 is 0 Å². The number of aliphatic hydroxyl groups excluding tert-OH is 1. The van der Waals surface area contributed by atoms with Gasteiger partial charge >= 0.3 is 0 Å². The smallest absolute Gasteiger partial charge is 0.119 e. The zero-order valence-corrected chi connectivity index (χ0v) is 10.7. The zero-order valence-electron chi connectivity index (χ0n) is 10.7. The molecular formula is C14H22O2. The Bertz CT molecular complexity index is 309. The van der Waals surface area contributed by atoms with Gasteiger partial charge in [0.2, 0.25) is 0 Å². The molecule has 1 atom stereocenters. The van der Waals surface area contributed by atoms with Crippen molar-refractivity contribution in [3.05, 3.63) is 29.8 Å². The molecule has 90 valence electrons. The molecule has 0 radical (unpaired) electrons. The van der Waals surface area contributed by atoms with Gasteiger partial charge in [-0.05, 0) is 24.5 Å². The number of hydrogen-bond acceptors (Lipinski definition) is 2. The molecule has 2 nitrogen and oxygen atoms in total. The Morgan fingerprint density at radius 2 is 1.75 bits per heavy atom. The van der Waals surface area contributed by atoms with E-state index in [4.69, 9.17) is 4.74 Å². The van der Waals surface area contributed by atoms with Crippen LogP contribution >= 0.6 is 0 Å². The van der Waals surface area contributed by atoms with E-state index >= 15 is 0 Å². The Morgan fingerprint density at radius 3 is 2.19 bits per heavy atom. The molecule has 1 N–H and O–H groups in total. The molecule has 0 heterocycles. The van der Waals surface area contributed by atoms with Crippen LogP contribution < -0.4 is 4.74 Å². The summed E-state index contributed by atoms with van der Waals surface area (Å²) in [7, 11) is 0. The van der Waals surface area contributed by atoms with Gasteiger partial charge in [-0.2, -0.15) is 0 Å². The molecular weight excluding hydrogens is 200 g/mol. The molecule has 1 aromatic rings. The summed E-state index contributed by atoms with van der Waals surface area (Å²) in [5, 5.41) is 9.30. The molecule has 0 saturated heterocycles. The summed E-state index contributed by atoms with van der Waals surface area (Å²) in [6.45, 7) is 9.12. The minimum atomic E-state index is 0.0689. The third-order valence-electron chi connectivity index (χ3n) is 2.92. The number of benzene rings is 1. The number of rotatable bonds is 4. The summed E-state index contributed by atoms with van der Waals surface area (Å²) in [6, 6.07) is 7.99. The predicted molar refractivity (Wildman–Crippen MR) is 66.7 cm³/mol. The largest absolute Gasteiger partial charge is 0.493 e. The van der Waals surface area contributed by atoms with Crippen LogP contribution in [-0.4, -0.2) is 18.3 Å². The minimum absolute atomic E-state index is 0.0689. The molecule has 0 saturated carbocycles. The van der Waals surface area contributed by atoms with Crippen molar-refractivity contribution in [1.29, 1.82) is 0 Å². The molecule has 1 aromatic carbocycles. The van der Waals surface area contributed by atoms with E-state index in [1.165, 1.54) is 5.56 Å². The van der Waals surface area contributed by atoms with Gasteiger partial charge in [0.25, 0.3) is 0 Å². The maximum absolute atomic E-state index is 9.30. The Kier molecular flexibility index (Phi) is 4.36. The highest BCUT2D eigenvalue weighted by atomic mass is 16.5. The van der Waals surface area contributed by atoms with Gasteiger partial charge in [-0.1, -0.05) is 38.5 Å². The molecule has 1 unspecified atom stereocenters. The molecule has 1 rings (SSSR count). The van der Waals surface area contributed by atoms with Gasteiger partial charge in [-0.25, -0.2) is 0 Å². The topological polar surface area (TPSA) is 29.5 Å². The van der Waals surface area contributed by atoms with E-state index in [-0.39, 0.29) is 17.9 Å². The van der Waals surface area contributed by atoms with Crippen LogP contribution in [0.2, 0.25) is 0 Å². The van der Waals surface area contributed by atoms with Gasteiger partial charge in [0.1, 0.15) is 5.75 Å². The normalized spacial score (nSPS) is 13.6. The van der Waals surface area contributed by atoms with Crippen molar-refractivity contribution < 1.29 is 9.84 Å². The van der Waals surface area contributed by atoms with Crippen LogP contribution in [0.25, 0.3) is 0 Å². The van der Waals surface area contributed by atoms with Crippen LogP contribution in [0.3, 0.4) is 0 Å². The van der Waals surface area contributed by atoms with Gasteiger partial charge in [-0.3, -0.25) is 0 Å². The van der Waals surface area contributed by atoms with E-state index < -0.39 is 0 Å². The lowest BCUT2D eigenvalue weighted by Gasteiger charge is -2.28. The van der Waals surface area contributed by atoms with E-state index in [1.807, 2.05) is 24.3 Å². The van der Waals surface area contributed by atoms with Crippen molar-refractivity contribution in [1.82, 2.24) is 0 Å². The highest BCUT2D eigenvalue weighted by molar-refractivity contribution is 5.26. The van der Waals surface area contributed by atoms with E-state index in [9.17, 15) is 5.11 Å². The summed E-state index contributed by atoms with van der Waals surface area (Å²) >= 11 is 0. The number of ether oxygens (including phenoxy) is 1. The highest BCUT2D eigenvalue weighted by Gasteiger charge is 2.24. The van der Waals surface area contributed by atoms with Crippen molar-refractivity contribution in [3.8, 4) is 5.75 Å². The van der Waals surface area contributed by atoms with Crippen LogP contribution in [0.5, 0.6) is 5.75 Å². The molecule has 2 heteroatoms. The van der Waals surface area contributed by atoms with Crippen LogP contribution in [0.4, 0.5) is 0 Å². The van der Waals surface area contributed by atoms with Gasteiger partial charge in [0.05, 0.1) is 6.61 Å². The van der Waals surface area contributed by atoms with Crippen LogP contribution in [0.15, 0.2) is 24.3 Å². The first kappa shape index (κ1) is 13.0.